The molecule has 1 aromatic rings. The van der Waals surface area contributed by atoms with Crippen LogP contribution in [0.5, 0.6) is 11.5 Å². The van der Waals surface area contributed by atoms with Gasteiger partial charge in [0.2, 0.25) is 0 Å². The van der Waals surface area contributed by atoms with Crippen LogP contribution in [0.2, 0.25) is 0 Å². The largest absolute Gasteiger partial charge is 0.496 e. The molecule has 1 rings (SSSR count). The van der Waals surface area contributed by atoms with Crippen LogP contribution < -0.4 is 14.8 Å². The van der Waals surface area contributed by atoms with Crippen LogP contribution in [0.25, 0.3) is 0 Å². The molecule has 4 heteroatoms. The van der Waals surface area contributed by atoms with Gasteiger partial charge in [-0.3, -0.25) is 0 Å². The molecule has 0 fully saturated rings. The predicted molar refractivity (Wildman–Crippen MR) is 81.7 cm³/mol. The minimum absolute atomic E-state index is 0.0152. The van der Waals surface area contributed by atoms with E-state index in [2.05, 4.69) is 26.1 Å². The van der Waals surface area contributed by atoms with Gasteiger partial charge in [-0.05, 0) is 39.4 Å². The van der Waals surface area contributed by atoms with Crippen molar-refractivity contribution >= 4 is 0 Å². The van der Waals surface area contributed by atoms with E-state index < -0.39 is 0 Å². The van der Waals surface area contributed by atoms with Crippen molar-refractivity contribution in [1.29, 1.82) is 0 Å². The van der Waals surface area contributed by atoms with Crippen LogP contribution in [0, 0.1) is 0 Å². The lowest BCUT2D eigenvalue weighted by Crippen LogP contribution is -2.42. The second-order valence-electron chi connectivity index (χ2n) is 5.10. The zero-order valence-corrected chi connectivity index (χ0v) is 13.4. The van der Waals surface area contributed by atoms with Crippen molar-refractivity contribution in [3.63, 3.8) is 0 Å². The minimum Gasteiger partial charge on any atom is -0.496 e. The van der Waals surface area contributed by atoms with E-state index in [4.69, 9.17) is 14.2 Å². The average molecular weight is 281 g/mol. The van der Waals surface area contributed by atoms with Crippen molar-refractivity contribution in [1.82, 2.24) is 5.32 Å². The molecule has 1 N–H and O–H groups in total. The third-order valence-electron chi connectivity index (χ3n) is 3.37. The van der Waals surface area contributed by atoms with Gasteiger partial charge in [0.25, 0.3) is 0 Å². The summed E-state index contributed by atoms with van der Waals surface area (Å²) in [6.45, 7) is 9.74. The molecule has 0 amide bonds. The average Bonchev–Trinajstić information content (AvgIpc) is 2.43. The molecule has 1 aromatic carbocycles. The van der Waals surface area contributed by atoms with Crippen LogP contribution in [0.15, 0.2) is 18.2 Å². The van der Waals surface area contributed by atoms with Crippen LogP contribution in [0.4, 0.5) is 0 Å². The monoisotopic (exact) mass is 281 g/mol. The first-order valence-corrected chi connectivity index (χ1v) is 7.10. The number of hydrogen-bond donors (Lipinski definition) is 1. The molecule has 0 aliphatic rings. The highest BCUT2D eigenvalue weighted by Gasteiger charge is 2.35. The summed E-state index contributed by atoms with van der Waals surface area (Å²) in [5, 5.41) is 3.49. The van der Waals surface area contributed by atoms with Crippen LogP contribution in [-0.4, -0.2) is 33.0 Å². The highest BCUT2D eigenvalue weighted by Crippen LogP contribution is 2.40. The van der Waals surface area contributed by atoms with Gasteiger partial charge in [0, 0.05) is 6.61 Å². The number of hydrogen-bond acceptors (Lipinski definition) is 4. The van der Waals surface area contributed by atoms with Gasteiger partial charge in [0.15, 0.2) is 0 Å². The Morgan fingerprint density at radius 2 is 1.65 bits per heavy atom. The van der Waals surface area contributed by atoms with E-state index in [0.29, 0.717) is 6.61 Å². The smallest absolute Gasteiger partial charge is 0.127 e. The molecule has 0 aromatic heterocycles. The summed E-state index contributed by atoms with van der Waals surface area (Å²) in [4.78, 5) is 0. The Morgan fingerprint density at radius 1 is 1.10 bits per heavy atom. The molecular weight excluding hydrogens is 254 g/mol. The van der Waals surface area contributed by atoms with Crippen molar-refractivity contribution in [3.05, 3.63) is 23.8 Å². The molecule has 0 heterocycles. The van der Waals surface area contributed by atoms with Gasteiger partial charge >= 0.3 is 0 Å². The summed E-state index contributed by atoms with van der Waals surface area (Å²) in [5.41, 5.74) is 0.630. The molecular formula is C16H27NO3. The van der Waals surface area contributed by atoms with Gasteiger partial charge in [-0.1, -0.05) is 13.0 Å². The van der Waals surface area contributed by atoms with E-state index >= 15 is 0 Å². The number of likely N-dealkylation sites (N-methyl/N-ethyl adjacent to an activating group) is 1. The summed E-state index contributed by atoms with van der Waals surface area (Å²) < 4.78 is 16.9. The summed E-state index contributed by atoms with van der Waals surface area (Å²) >= 11 is 0. The Morgan fingerprint density at radius 3 is 2.05 bits per heavy atom. The maximum Gasteiger partial charge on any atom is 0.127 e. The first-order chi connectivity index (χ1) is 9.51. The molecule has 0 aliphatic carbocycles. The second kappa shape index (κ2) is 7.50. The second-order valence-corrected chi connectivity index (χ2v) is 5.10. The fraction of sp³-hybridized carbons (Fsp3) is 0.625. The van der Waals surface area contributed by atoms with Crippen molar-refractivity contribution in [2.75, 3.05) is 27.4 Å². The van der Waals surface area contributed by atoms with Gasteiger partial charge in [0.05, 0.1) is 31.4 Å². The van der Waals surface area contributed by atoms with Crippen LogP contribution in [0.1, 0.15) is 39.3 Å². The van der Waals surface area contributed by atoms with Crippen molar-refractivity contribution in [3.8, 4) is 11.5 Å². The fourth-order valence-corrected chi connectivity index (χ4v) is 2.52. The molecule has 0 radical (unpaired) electrons. The first-order valence-electron chi connectivity index (χ1n) is 7.10. The zero-order valence-electron chi connectivity index (χ0n) is 13.4. The van der Waals surface area contributed by atoms with Crippen LogP contribution >= 0.6 is 0 Å². The SMILES string of the molecule is CCNC(c1c(OC)cccc1OC)C(C)(C)OCC. The Hall–Kier alpha value is -1.26. The molecule has 1 atom stereocenters. The molecule has 0 saturated heterocycles. The standard InChI is InChI=1S/C16H27NO3/c1-7-17-15(16(3,4)20-8-2)14-12(18-5)10-9-11-13(14)19-6/h9-11,15,17H,7-8H2,1-6H3. The number of rotatable bonds is 8. The summed E-state index contributed by atoms with van der Waals surface area (Å²) in [6.07, 6.45) is 0. The zero-order chi connectivity index (χ0) is 15.2. The Balaban J connectivity index is 3.33. The molecule has 0 aliphatic heterocycles. The van der Waals surface area contributed by atoms with Gasteiger partial charge in [0.1, 0.15) is 11.5 Å². The van der Waals surface area contributed by atoms with Gasteiger partial charge < -0.3 is 19.5 Å². The third-order valence-corrected chi connectivity index (χ3v) is 3.37. The van der Waals surface area contributed by atoms with Crippen molar-refractivity contribution in [2.45, 2.75) is 39.3 Å². The lowest BCUT2D eigenvalue weighted by Gasteiger charge is -2.36. The van der Waals surface area contributed by atoms with Gasteiger partial charge in [-0.2, -0.15) is 0 Å². The van der Waals surface area contributed by atoms with Gasteiger partial charge in [-0.25, -0.2) is 0 Å². The maximum absolute atomic E-state index is 5.92. The number of ether oxygens (including phenoxy) is 3. The highest BCUT2D eigenvalue weighted by atomic mass is 16.5. The molecule has 0 bridgehead atoms. The quantitative estimate of drug-likeness (QED) is 0.794. The van der Waals surface area contributed by atoms with Gasteiger partial charge in [-0.15, -0.1) is 0 Å². The molecule has 0 spiro atoms. The fourth-order valence-electron chi connectivity index (χ4n) is 2.52. The van der Waals surface area contributed by atoms with E-state index in [1.807, 2.05) is 25.1 Å². The van der Waals surface area contributed by atoms with E-state index in [-0.39, 0.29) is 11.6 Å². The normalized spacial score (nSPS) is 13.1. The van der Waals surface area contributed by atoms with Crippen LogP contribution in [0.3, 0.4) is 0 Å². The molecule has 4 nitrogen and oxygen atoms in total. The van der Waals surface area contributed by atoms with Crippen molar-refractivity contribution in [2.24, 2.45) is 0 Å². The van der Waals surface area contributed by atoms with E-state index in [1.54, 1.807) is 14.2 Å². The van der Waals surface area contributed by atoms with E-state index in [1.165, 1.54) is 0 Å². The summed E-state index contributed by atoms with van der Waals surface area (Å²) in [5.74, 6) is 1.62. The summed E-state index contributed by atoms with van der Waals surface area (Å²) in [7, 11) is 3.35. The summed E-state index contributed by atoms with van der Waals surface area (Å²) in [6, 6.07) is 5.81. The number of methoxy groups -OCH3 is 2. The first kappa shape index (κ1) is 16.8. The van der Waals surface area contributed by atoms with Crippen molar-refractivity contribution < 1.29 is 14.2 Å². The lowest BCUT2D eigenvalue weighted by atomic mass is 9.90. The highest BCUT2D eigenvalue weighted by molar-refractivity contribution is 5.48. The van der Waals surface area contributed by atoms with E-state index in [9.17, 15) is 0 Å². The minimum atomic E-state index is -0.368. The Bertz CT molecular complexity index is 396. The number of nitrogens with one attached hydrogen (secondary N) is 1. The van der Waals surface area contributed by atoms with E-state index in [0.717, 1.165) is 23.6 Å². The molecule has 114 valence electrons. The molecule has 1 unspecified atom stereocenters. The number of benzene rings is 1. The Labute approximate surface area is 122 Å². The lowest BCUT2D eigenvalue weighted by molar-refractivity contribution is -0.0398. The third kappa shape index (κ3) is 3.64. The molecule has 0 saturated carbocycles. The molecule has 20 heavy (non-hydrogen) atoms. The maximum atomic E-state index is 5.92. The topological polar surface area (TPSA) is 39.7 Å². The van der Waals surface area contributed by atoms with Crippen LogP contribution in [-0.2, 0) is 4.74 Å². The predicted octanol–water partition coefficient (Wildman–Crippen LogP) is 3.17. The Kier molecular flexibility index (Phi) is 6.30.